The van der Waals surface area contributed by atoms with Gasteiger partial charge in [-0.1, -0.05) is 43.6 Å². The fourth-order valence-corrected chi connectivity index (χ4v) is 7.47. The van der Waals surface area contributed by atoms with Gasteiger partial charge in [0, 0.05) is 55.5 Å². The molecule has 0 aliphatic heterocycles. The number of sulfonamides is 1. The van der Waals surface area contributed by atoms with Gasteiger partial charge in [0.05, 0.1) is 16.3 Å². The fraction of sp³-hybridized carbons (Fsp3) is 0.125. The number of hydrogen-bond donors (Lipinski definition) is 2. The predicted molar refractivity (Wildman–Crippen MR) is 171 cm³/mol. The summed E-state index contributed by atoms with van der Waals surface area (Å²) >= 11 is 7.37. The Morgan fingerprint density at radius 1 is 0.767 bits per heavy atom. The maximum absolute atomic E-state index is 13.0. The summed E-state index contributed by atoms with van der Waals surface area (Å²) in [5.74, 6) is -1.62. The number of hydrogen-bond acceptors (Lipinski definition) is 7. The number of fused-ring (bicyclic) bond motifs is 3. The molecule has 4 heterocycles. The largest absolute Gasteiger partial charge is 0.480 e. The van der Waals surface area contributed by atoms with Gasteiger partial charge < -0.3 is 5.11 Å². The van der Waals surface area contributed by atoms with Crippen molar-refractivity contribution in [2.75, 3.05) is 0 Å². The van der Waals surface area contributed by atoms with E-state index in [1.807, 2.05) is 48.7 Å². The Hall–Kier alpha value is -4.22. The van der Waals surface area contributed by atoms with Crippen LogP contribution < -0.4 is 4.72 Å². The van der Waals surface area contributed by atoms with Gasteiger partial charge in [-0.05, 0) is 66.1 Å². The monoisotopic (exact) mass is 628 g/mol. The molecule has 0 bridgehead atoms. The number of aliphatic carboxylic acids is 1. The number of rotatable bonds is 8. The van der Waals surface area contributed by atoms with Gasteiger partial charge in [-0.2, -0.15) is 4.72 Å². The van der Waals surface area contributed by atoms with Crippen molar-refractivity contribution >= 4 is 59.1 Å². The summed E-state index contributed by atoms with van der Waals surface area (Å²) in [5.41, 5.74) is 5.28. The SMILES string of the molecule is CC(C)[C@H](NS(=O)(=O)c1ccc2c(c1)sc1ccc(-c3ccc(-c4ccc(-c5ccc(Cl)nc5)nc4)nc3)cc12)C(=O)O. The summed E-state index contributed by atoms with van der Waals surface area (Å²) in [7, 11) is -4.02. The first-order chi connectivity index (χ1) is 20.6. The number of nitrogens with zero attached hydrogens (tertiary/aromatic N) is 3. The first-order valence-electron chi connectivity index (χ1n) is 13.4. The first kappa shape index (κ1) is 28.9. The molecule has 1 atom stereocenters. The molecular formula is C32H25ClN4O4S2. The first-order valence-corrected chi connectivity index (χ1v) is 16.0. The van der Waals surface area contributed by atoms with Gasteiger partial charge in [0.2, 0.25) is 10.0 Å². The van der Waals surface area contributed by atoms with E-state index in [2.05, 4.69) is 25.7 Å². The lowest BCUT2D eigenvalue weighted by Gasteiger charge is -2.18. The van der Waals surface area contributed by atoms with Crippen LogP contribution in [0, 0.1) is 5.92 Å². The molecule has 0 saturated heterocycles. The third-order valence-corrected chi connectivity index (χ3v) is 9.94. The van der Waals surface area contributed by atoms with E-state index in [0.717, 1.165) is 53.8 Å². The summed E-state index contributed by atoms with van der Waals surface area (Å²) in [6, 6.07) is 21.3. The van der Waals surface area contributed by atoms with Crippen LogP contribution in [0.3, 0.4) is 0 Å². The predicted octanol–water partition coefficient (Wildman–Crippen LogP) is 7.28. The zero-order chi connectivity index (χ0) is 30.3. The second kappa shape index (κ2) is 11.5. The van der Waals surface area contributed by atoms with Gasteiger partial charge in [0.1, 0.15) is 11.2 Å². The highest BCUT2D eigenvalue weighted by molar-refractivity contribution is 7.89. The Balaban J connectivity index is 1.26. The zero-order valence-corrected chi connectivity index (χ0v) is 25.4. The second-order valence-corrected chi connectivity index (χ2v) is 13.6. The third kappa shape index (κ3) is 5.87. The highest BCUT2D eigenvalue weighted by Gasteiger charge is 2.28. The number of halogens is 1. The van der Waals surface area contributed by atoms with Crippen molar-refractivity contribution in [2.45, 2.75) is 24.8 Å². The zero-order valence-electron chi connectivity index (χ0n) is 23.0. The molecule has 0 unspecified atom stereocenters. The Bertz CT molecular complexity index is 2080. The number of carbonyl (C=O) groups is 1. The van der Waals surface area contributed by atoms with Crippen molar-refractivity contribution in [3.05, 3.63) is 96.5 Å². The summed E-state index contributed by atoms with van der Waals surface area (Å²) < 4.78 is 30.1. The van der Waals surface area contributed by atoms with Crippen molar-refractivity contribution in [1.29, 1.82) is 0 Å². The minimum atomic E-state index is -4.02. The van der Waals surface area contributed by atoms with Gasteiger partial charge in [0.15, 0.2) is 0 Å². The maximum atomic E-state index is 13.0. The van der Waals surface area contributed by atoms with Gasteiger partial charge in [-0.15, -0.1) is 11.3 Å². The van der Waals surface area contributed by atoms with Gasteiger partial charge >= 0.3 is 5.97 Å². The highest BCUT2D eigenvalue weighted by Crippen LogP contribution is 2.37. The highest BCUT2D eigenvalue weighted by atomic mass is 35.5. The lowest BCUT2D eigenvalue weighted by Crippen LogP contribution is -2.44. The molecular weight excluding hydrogens is 604 g/mol. The molecule has 0 aliphatic carbocycles. The number of carboxylic acids is 1. The maximum Gasteiger partial charge on any atom is 0.322 e. The van der Waals surface area contributed by atoms with E-state index in [4.69, 9.17) is 11.6 Å². The van der Waals surface area contributed by atoms with E-state index in [1.165, 1.54) is 17.4 Å². The standard InChI is InChI=1S/C32H25ClN4O4S2/c1-18(2)31(32(38)39)37-43(40,41)23-7-8-24-25-13-19(5-11-28(25)42-29(24)14-23)20-3-9-26(34-15-20)21-4-10-27(35-16-21)22-6-12-30(33)36-17-22/h3-18,31,37H,1-2H3,(H,38,39)/t31-/m0/s1. The van der Waals surface area contributed by atoms with Crippen LogP contribution in [0.5, 0.6) is 0 Å². The Morgan fingerprint density at radius 2 is 1.40 bits per heavy atom. The number of nitrogens with one attached hydrogen (secondary N) is 1. The van der Waals surface area contributed by atoms with E-state index in [0.29, 0.717) is 5.15 Å². The molecule has 0 fully saturated rings. The second-order valence-electron chi connectivity index (χ2n) is 10.4. The molecule has 0 aliphatic rings. The average molecular weight is 629 g/mol. The molecule has 43 heavy (non-hydrogen) atoms. The molecule has 216 valence electrons. The lowest BCUT2D eigenvalue weighted by molar-refractivity contribution is -0.140. The van der Waals surface area contributed by atoms with E-state index >= 15 is 0 Å². The Morgan fingerprint density at radius 3 is 1.98 bits per heavy atom. The molecule has 0 amide bonds. The Kier molecular flexibility index (Phi) is 7.70. The molecule has 2 aromatic carbocycles. The normalized spacial score (nSPS) is 12.7. The molecule has 0 radical (unpaired) electrons. The minimum Gasteiger partial charge on any atom is -0.480 e. The van der Waals surface area contributed by atoms with Gasteiger partial charge in [-0.3, -0.25) is 14.8 Å². The molecule has 4 aromatic heterocycles. The van der Waals surface area contributed by atoms with Crippen LogP contribution >= 0.6 is 22.9 Å². The van der Waals surface area contributed by atoms with Crippen molar-refractivity contribution in [2.24, 2.45) is 5.92 Å². The third-order valence-electron chi connectivity index (χ3n) is 7.15. The molecule has 2 N–H and O–H groups in total. The number of aromatic nitrogens is 3. The number of carboxylic acid groups (broad SMARTS) is 1. The van der Waals surface area contributed by atoms with Crippen LogP contribution in [0.2, 0.25) is 5.15 Å². The van der Waals surface area contributed by atoms with Crippen LogP contribution in [0.1, 0.15) is 13.8 Å². The van der Waals surface area contributed by atoms with Crippen molar-refractivity contribution < 1.29 is 18.3 Å². The number of pyridine rings is 3. The molecule has 0 saturated carbocycles. The quantitative estimate of drug-likeness (QED) is 0.170. The number of thiophene rings is 1. The molecule has 8 nitrogen and oxygen atoms in total. The van der Waals surface area contributed by atoms with E-state index < -0.39 is 28.0 Å². The topological polar surface area (TPSA) is 122 Å². The van der Waals surface area contributed by atoms with Crippen molar-refractivity contribution in [3.63, 3.8) is 0 Å². The summed E-state index contributed by atoms with van der Waals surface area (Å²) in [6.07, 6.45) is 5.30. The minimum absolute atomic E-state index is 0.0332. The average Bonchev–Trinajstić information content (AvgIpc) is 3.37. The molecule has 11 heteroatoms. The lowest BCUT2D eigenvalue weighted by atomic mass is 10.0. The molecule has 0 spiro atoms. The van der Waals surface area contributed by atoms with Gasteiger partial charge in [-0.25, -0.2) is 13.4 Å². The van der Waals surface area contributed by atoms with Crippen LogP contribution in [-0.2, 0) is 14.8 Å². The Labute approximate surface area is 257 Å². The van der Waals surface area contributed by atoms with E-state index in [-0.39, 0.29) is 4.90 Å². The van der Waals surface area contributed by atoms with Crippen LogP contribution in [0.4, 0.5) is 0 Å². The van der Waals surface area contributed by atoms with Crippen LogP contribution in [-0.4, -0.2) is 40.5 Å². The van der Waals surface area contributed by atoms with Crippen molar-refractivity contribution in [3.8, 4) is 33.6 Å². The summed E-state index contributed by atoms with van der Waals surface area (Å²) in [4.78, 5) is 24.9. The molecule has 6 rings (SSSR count). The van der Waals surface area contributed by atoms with Gasteiger partial charge in [0.25, 0.3) is 0 Å². The smallest absolute Gasteiger partial charge is 0.322 e. The summed E-state index contributed by atoms with van der Waals surface area (Å²) in [5, 5.41) is 11.8. The van der Waals surface area contributed by atoms with Crippen LogP contribution in [0.25, 0.3) is 53.8 Å². The van der Waals surface area contributed by atoms with E-state index in [1.54, 1.807) is 44.4 Å². The molecule has 6 aromatic rings. The number of benzene rings is 2. The van der Waals surface area contributed by atoms with Crippen LogP contribution in [0.15, 0.2) is 96.3 Å². The fourth-order valence-electron chi connectivity index (χ4n) is 4.79. The van der Waals surface area contributed by atoms with E-state index in [9.17, 15) is 18.3 Å². The summed E-state index contributed by atoms with van der Waals surface area (Å²) in [6.45, 7) is 3.32. The van der Waals surface area contributed by atoms with Crippen molar-refractivity contribution in [1.82, 2.24) is 19.7 Å².